The average molecular weight is 266 g/mol. The summed E-state index contributed by atoms with van der Waals surface area (Å²) in [6, 6.07) is 0.980. The van der Waals surface area contributed by atoms with Crippen LogP contribution >= 0.6 is 11.3 Å². The zero-order valence-electron chi connectivity index (χ0n) is 10.1. The van der Waals surface area contributed by atoms with E-state index in [0.29, 0.717) is 5.56 Å². The van der Waals surface area contributed by atoms with Crippen LogP contribution in [0, 0.1) is 11.8 Å². The lowest BCUT2D eigenvalue weighted by molar-refractivity contribution is -0.142. The van der Waals surface area contributed by atoms with E-state index < -0.39 is 12.0 Å². The lowest BCUT2D eigenvalue weighted by atomic mass is 10.2. The van der Waals surface area contributed by atoms with Crippen LogP contribution in [-0.2, 0) is 9.53 Å². The maximum atomic E-state index is 11.8. The number of nitrogens with one attached hydrogen (secondary N) is 1. The number of rotatable bonds is 3. The van der Waals surface area contributed by atoms with Gasteiger partial charge in [-0.05, 0) is 13.0 Å². The summed E-state index contributed by atoms with van der Waals surface area (Å²) in [5, 5.41) is 4.22. The number of esters is 1. The van der Waals surface area contributed by atoms with Crippen molar-refractivity contribution in [1.29, 1.82) is 0 Å². The lowest BCUT2D eigenvalue weighted by Crippen LogP contribution is -2.38. The van der Waals surface area contributed by atoms with Gasteiger partial charge in [-0.2, -0.15) is 0 Å². The average Bonchev–Trinajstić information content (AvgIpc) is 2.83. The molecule has 0 aliphatic heterocycles. The molecule has 1 rings (SSSR count). The molecule has 1 aromatic heterocycles. The molecule has 18 heavy (non-hydrogen) atoms. The molecule has 0 radical (unpaired) electrons. The number of carbonyl (C=O) groups excluding carboxylic acids is 2. The molecule has 0 saturated carbocycles. The van der Waals surface area contributed by atoms with E-state index in [1.54, 1.807) is 18.4 Å². The Labute approximate surface area is 109 Å². The molecule has 1 amide bonds. The van der Waals surface area contributed by atoms with Gasteiger partial charge in [-0.3, -0.25) is 4.79 Å². The van der Waals surface area contributed by atoms with E-state index >= 15 is 0 Å². The van der Waals surface area contributed by atoms with E-state index in [4.69, 9.17) is 5.73 Å². The summed E-state index contributed by atoms with van der Waals surface area (Å²) in [5.41, 5.74) is 5.73. The number of nitrogens with two attached hydrogens (primary N) is 1. The SMILES string of the molecule is COC(=O)C(C)NC(=O)c1csc(C#CCN)c1. The van der Waals surface area contributed by atoms with Crippen LogP contribution in [0.15, 0.2) is 11.4 Å². The second-order valence-corrected chi connectivity index (χ2v) is 4.34. The van der Waals surface area contributed by atoms with Crippen molar-refractivity contribution in [3.8, 4) is 11.8 Å². The van der Waals surface area contributed by atoms with Crippen molar-refractivity contribution in [1.82, 2.24) is 5.32 Å². The molecule has 0 aliphatic rings. The van der Waals surface area contributed by atoms with Crippen LogP contribution in [-0.4, -0.2) is 31.6 Å². The van der Waals surface area contributed by atoms with Crippen molar-refractivity contribution in [3.63, 3.8) is 0 Å². The van der Waals surface area contributed by atoms with Gasteiger partial charge >= 0.3 is 5.97 Å². The Morgan fingerprint density at radius 3 is 2.94 bits per heavy atom. The summed E-state index contributed by atoms with van der Waals surface area (Å²) in [6.45, 7) is 1.84. The standard InChI is InChI=1S/C12H14N2O3S/c1-8(12(16)17-2)14-11(15)9-6-10(18-7-9)4-3-5-13/h6-8H,5,13H2,1-2H3,(H,14,15). The van der Waals surface area contributed by atoms with Crippen LogP contribution in [0.5, 0.6) is 0 Å². The van der Waals surface area contributed by atoms with E-state index in [9.17, 15) is 9.59 Å². The van der Waals surface area contributed by atoms with Crippen molar-refractivity contribution >= 4 is 23.2 Å². The van der Waals surface area contributed by atoms with Gasteiger partial charge in [0.2, 0.25) is 0 Å². The minimum absolute atomic E-state index is 0.277. The molecule has 0 spiro atoms. The maximum absolute atomic E-state index is 11.8. The fraction of sp³-hybridized carbons (Fsp3) is 0.333. The third kappa shape index (κ3) is 3.87. The first kappa shape index (κ1) is 14.2. The number of methoxy groups -OCH3 is 1. The molecule has 0 saturated heterocycles. The number of ether oxygens (including phenoxy) is 1. The Kier molecular flexibility index (Phi) is 5.36. The van der Waals surface area contributed by atoms with Crippen LogP contribution in [0.4, 0.5) is 0 Å². The van der Waals surface area contributed by atoms with Crippen molar-refractivity contribution in [2.24, 2.45) is 5.73 Å². The van der Waals surface area contributed by atoms with E-state index in [1.807, 2.05) is 0 Å². The van der Waals surface area contributed by atoms with Gasteiger partial charge < -0.3 is 15.8 Å². The van der Waals surface area contributed by atoms with Crippen LogP contribution in [0.3, 0.4) is 0 Å². The van der Waals surface area contributed by atoms with Gasteiger partial charge in [0.15, 0.2) is 0 Å². The highest BCUT2D eigenvalue weighted by Crippen LogP contribution is 2.13. The summed E-state index contributed by atoms with van der Waals surface area (Å²) in [6.07, 6.45) is 0. The van der Waals surface area contributed by atoms with Crippen LogP contribution in [0.1, 0.15) is 22.2 Å². The van der Waals surface area contributed by atoms with Crippen LogP contribution < -0.4 is 11.1 Å². The molecule has 5 nitrogen and oxygen atoms in total. The Morgan fingerprint density at radius 1 is 1.61 bits per heavy atom. The minimum atomic E-state index is -0.680. The van der Waals surface area contributed by atoms with Gasteiger partial charge in [-0.1, -0.05) is 11.8 Å². The maximum Gasteiger partial charge on any atom is 0.328 e. The van der Waals surface area contributed by atoms with Gasteiger partial charge in [0, 0.05) is 5.38 Å². The molecule has 3 N–H and O–H groups in total. The third-order valence-corrected chi connectivity index (χ3v) is 2.92. The minimum Gasteiger partial charge on any atom is -0.467 e. The molecule has 1 aromatic rings. The summed E-state index contributed by atoms with van der Waals surface area (Å²) in [4.78, 5) is 23.7. The predicted octanol–water partition coefficient (Wildman–Crippen LogP) is 0.350. The third-order valence-electron chi connectivity index (χ3n) is 2.08. The molecular weight excluding hydrogens is 252 g/mol. The Bertz CT molecular complexity index is 499. The summed E-state index contributed by atoms with van der Waals surface area (Å²) >= 11 is 1.35. The van der Waals surface area contributed by atoms with E-state index in [2.05, 4.69) is 21.9 Å². The molecular formula is C12H14N2O3S. The highest BCUT2D eigenvalue weighted by molar-refractivity contribution is 7.10. The van der Waals surface area contributed by atoms with Crippen molar-refractivity contribution in [2.75, 3.05) is 13.7 Å². The zero-order valence-corrected chi connectivity index (χ0v) is 11.0. The van der Waals surface area contributed by atoms with E-state index in [0.717, 1.165) is 4.88 Å². The van der Waals surface area contributed by atoms with Crippen molar-refractivity contribution < 1.29 is 14.3 Å². The first-order chi connectivity index (χ1) is 8.58. The number of carbonyl (C=O) groups is 2. The monoisotopic (exact) mass is 266 g/mol. The van der Waals surface area contributed by atoms with Gasteiger partial charge in [0.1, 0.15) is 6.04 Å². The van der Waals surface area contributed by atoms with Crippen molar-refractivity contribution in [3.05, 3.63) is 21.9 Å². The summed E-state index contributed by atoms with van der Waals surface area (Å²) in [5.74, 6) is 4.73. The van der Waals surface area contributed by atoms with Crippen LogP contribution in [0.2, 0.25) is 0 Å². The van der Waals surface area contributed by atoms with Gasteiger partial charge in [-0.15, -0.1) is 11.3 Å². The van der Waals surface area contributed by atoms with E-state index in [1.165, 1.54) is 18.4 Å². The number of hydrogen-bond donors (Lipinski definition) is 2. The molecule has 0 aliphatic carbocycles. The molecule has 0 fully saturated rings. The number of thiophene rings is 1. The zero-order chi connectivity index (χ0) is 13.5. The number of amides is 1. The second-order valence-electron chi connectivity index (χ2n) is 3.42. The molecule has 6 heteroatoms. The molecule has 1 atom stereocenters. The fourth-order valence-electron chi connectivity index (χ4n) is 1.17. The molecule has 1 unspecified atom stereocenters. The van der Waals surface area contributed by atoms with Crippen molar-refractivity contribution in [2.45, 2.75) is 13.0 Å². The molecule has 0 bridgehead atoms. The molecule has 1 heterocycles. The topological polar surface area (TPSA) is 81.4 Å². The van der Waals surface area contributed by atoms with Gasteiger partial charge in [0.05, 0.1) is 24.1 Å². The predicted molar refractivity (Wildman–Crippen MR) is 69.2 cm³/mol. The smallest absolute Gasteiger partial charge is 0.328 e. The Morgan fingerprint density at radius 2 is 2.33 bits per heavy atom. The quantitative estimate of drug-likeness (QED) is 0.611. The normalized spacial score (nSPS) is 11.1. The summed E-state index contributed by atoms with van der Waals surface area (Å²) < 4.78 is 4.52. The lowest BCUT2D eigenvalue weighted by Gasteiger charge is -2.10. The first-order valence-corrected chi connectivity index (χ1v) is 6.12. The fourth-order valence-corrected chi connectivity index (χ4v) is 1.93. The number of hydrogen-bond acceptors (Lipinski definition) is 5. The second kappa shape index (κ2) is 6.79. The highest BCUT2D eigenvalue weighted by Gasteiger charge is 2.17. The summed E-state index contributed by atoms with van der Waals surface area (Å²) in [7, 11) is 1.27. The van der Waals surface area contributed by atoms with Gasteiger partial charge in [0.25, 0.3) is 5.91 Å². The largest absolute Gasteiger partial charge is 0.467 e. The molecule has 96 valence electrons. The van der Waals surface area contributed by atoms with Crippen LogP contribution in [0.25, 0.3) is 0 Å². The highest BCUT2D eigenvalue weighted by atomic mass is 32.1. The first-order valence-electron chi connectivity index (χ1n) is 5.24. The Hall–Kier alpha value is -1.84. The molecule has 0 aromatic carbocycles. The van der Waals surface area contributed by atoms with E-state index in [-0.39, 0.29) is 12.5 Å². The Balaban J connectivity index is 2.67. The van der Waals surface area contributed by atoms with Gasteiger partial charge in [-0.25, -0.2) is 4.79 Å².